The average molecular weight is 273 g/mol. The summed E-state index contributed by atoms with van der Waals surface area (Å²) in [6, 6.07) is 0. The van der Waals surface area contributed by atoms with Crippen molar-refractivity contribution in [3.8, 4) is 0 Å². The Labute approximate surface area is 114 Å². The molecule has 0 radical (unpaired) electrons. The average Bonchev–Trinajstić information content (AvgIpc) is 2.57. The smallest absolute Gasteiger partial charge is 0.228 e. The maximum absolute atomic E-state index is 12.1. The summed E-state index contributed by atoms with van der Waals surface area (Å²) in [4.78, 5) is 12.1. The number of carbonyl (C=O) groups excluding carboxylic acids is 1. The van der Waals surface area contributed by atoms with E-state index in [9.17, 15) is 4.79 Å². The summed E-state index contributed by atoms with van der Waals surface area (Å²) in [6.07, 6.45) is 2.04. The van der Waals surface area contributed by atoms with Crippen molar-refractivity contribution in [3.05, 3.63) is 11.4 Å². The van der Waals surface area contributed by atoms with Crippen LogP contribution >= 0.6 is 12.4 Å². The maximum atomic E-state index is 12.1. The first kappa shape index (κ1) is 15.0. The molecule has 2 heterocycles. The number of rotatable bonds is 2. The van der Waals surface area contributed by atoms with Gasteiger partial charge in [-0.2, -0.15) is 5.10 Å². The molecule has 1 fully saturated rings. The summed E-state index contributed by atoms with van der Waals surface area (Å²) >= 11 is 0. The fourth-order valence-corrected chi connectivity index (χ4v) is 2.26. The van der Waals surface area contributed by atoms with E-state index in [-0.39, 0.29) is 24.2 Å². The standard InChI is InChI=1S/C12H20N4O.ClH/c1-8-11(9(2)16(3)15-8)14-12(17)10-5-4-6-13-7-10;/h10,13H,4-7H2,1-3H3,(H,14,17);1H. The Bertz CT molecular complexity index is 424. The molecule has 18 heavy (non-hydrogen) atoms. The number of aryl methyl sites for hydroxylation is 2. The van der Waals surface area contributed by atoms with Crippen molar-refractivity contribution in [2.45, 2.75) is 26.7 Å². The van der Waals surface area contributed by atoms with E-state index in [1.807, 2.05) is 20.9 Å². The van der Waals surface area contributed by atoms with Gasteiger partial charge in [0.25, 0.3) is 0 Å². The molecular weight excluding hydrogens is 252 g/mol. The van der Waals surface area contributed by atoms with Gasteiger partial charge in [-0.05, 0) is 33.2 Å². The van der Waals surface area contributed by atoms with Crippen LogP contribution in [0.2, 0.25) is 0 Å². The second-order valence-electron chi connectivity index (χ2n) is 4.70. The van der Waals surface area contributed by atoms with E-state index in [1.54, 1.807) is 4.68 Å². The minimum Gasteiger partial charge on any atom is -0.323 e. The summed E-state index contributed by atoms with van der Waals surface area (Å²) in [5.74, 6) is 0.194. The quantitative estimate of drug-likeness (QED) is 0.856. The lowest BCUT2D eigenvalue weighted by atomic mass is 9.99. The highest BCUT2D eigenvalue weighted by Crippen LogP contribution is 2.20. The fourth-order valence-electron chi connectivity index (χ4n) is 2.26. The zero-order valence-corrected chi connectivity index (χ0v) is 11.9. The van der Waals surface area contributed by atoms with Gasteiger partial charge in [0.2, 0.25) is 5.91 Å². The molecule has 1 unspecified atom stereocenters. The van der Waals surface area contributed by atoms with Crippen LogP contribution in [0, 0.1) is 19.8 Å². The van der Waals surface area contributed by atoms with Crippen LogP contribution in [0.4, 0.5) is 5.69 Å². The molecule has 1 amide bonds. The number of nitrogens with one attached hydrogen (secondary N) is 2. The molecule has 6 heteroatoms. The van der Waals surface area contributed by atoms with Gasteiger partial charge in [-0.25, -0.2) is 0 Å². The van der Waals surface area contributed by atoms with Crippen LogP contribution in [0.25, 0.3) is 0 Å². The van der Waals surface area contributed by atoms with E-state index in [1.165, 1.54) is 0 Å². The number of piperidine rings is 1. The molecule has 2 N–H and O–H groups in total. The first-order chi connectivity index (χ1) is 8.09. The fraction of sp³-hybridized carbons (Fsp3) is 0.667. The Morgan fingerprint density at radius 2 is 2.22 bits per heavy atom. The first-order valence-corrected chi connectivity index (χ1v) is 6.11. The Balaban J connectivity index is 0.00000162. The number of aromatic nitrogens is 2. The largest absolute Gasteiger partial charge is 0.323 e. The van der Waals surface area contributed by atoms with Crippen LogP contribution in [-0.2, 0) is 11.8 Å². The molecule has 0 saturated carbocycles. The van der Waals surface area contributed by atoms with Crippen LogP contribution in [0.5, 0.6) is 0 Å². The van der Waals surface area contributed by atoms with Gasteiger partial charge in [-0.15, -0.1) is 12.4 Å². The van der Waals surface area contributed by atoms with Crippen molar-refractivity contribution in [1.29, 1.82) is 0 Å². The van der Waals surface area contributed by atoms with Gasteiger partial charge in [-0.1, -0.05) is 0 Å². The van der Waals surface area contributed by atoms with Crippen LogP contribution in [0.1, 0.15) is 24.2 Å². The monoisotopic (exact) mass is 272 g/mol. The third-order valence-electron chi connectivity index (χ3n) is 3.42. The molecule has 1 saturated heterocycles. The highest BCUT2D eigenvalue weighted by molar-refractivity contribution is 5.93. The molecule has 102 valence electrons. The maximum Gasteiger partial charge on any atom is 0.228 e. The van der Waals surface area contributed by atoms with E-state index in [0.717, 1.165) is 43.0 Å². The van der Waals surface area contributed by atoms with Crippen LogP contribution in [-0.4, -0.2) is 28.8 Å². The SMILES string of the molecule is Cc1nn(C)c(C)c1NC(=O)C1CCCNC1.Cl. The first-order valence-electron chi connectivity index (χ1n) is 6.11. The number of halogens is 1. The number of anilines is 1. The Kier molecular flexibility index (Phi) is 5.16. The Hall–Kier alpha value is -1.07. The van der Waals surface area contributed by atoms with Crippen molar-refractivity contribution in [2.24, 2.45) is 13.0 Å². The van der Waals surface area contributed by atoms with Gasteiger partial charge in [0.1, 0.15) is 0 Å². The summed E-state index contributed by atoms with van der Waals surface area (Å²) in [5.41, 5.74) is 2.74. The molecular formula is C12H21ClN4O. The summed E-state index contributed by atoms with van der Waals surface area (Å²) in [7, 11) is 1.89. The molecule has 1 aliphatic rings. The number of nitrogens with zero attached hydrogens (tertiary/aromatic N) is 2. The van der Waals surface area contributed by atoms with E-state index >= 15 is 0 Å². The molecule has 0 aromatic carbocycles. The van der Waals surface area contributed by atoms with E-state index in [2.05, 4.69) is 15.7 Å². The molecule has 1 aromatic rings. The van der Waals surface area contributed by atoms with E-state index in [0.29, 0.717) is 0 Å². The molecule has 1 aliphatic heterocycles. The highest BCUT2D eigenvalue weighted by atomic mass is 35.5. The second kappa shape index (κ2) is 6.20. The van der Waals surface area contributed by atoms with Crippen molar-refractivity contribution in [1.82, 2.24) is 15.1 Å². The molecule has 1 atom stereocenters. The predicted octanol–water partition coefficient (Wildman–Crippen LogP) is 1.40. The van der Waals surface area contributed by atoms with Gasteiger partial charge in [-0.3, -0.25) is 9.48 Å². The third-order valence-corrected chi connectivity index (χ3v) is 3.42. The molecule has 0 bridgehead atoms. The number of carbonyl (C=O) groups is 1. The zero-order valence-electron chi connectivity index (χ0n) is 11.1. The van der Waals surface area contributed by atoms with Crippen molar-refractivity contribution in [3.63, 3.8) is 0 Å². The van der Waals surface area contributed by atoms with Gasteiger partial charge in [0.05, 0.1) is 23.0 Å². The van der Waals surface area contributed by atoms with Crippen molar-refractivity contribution in [2.75, 3.05) is 18.4 Å². The molecule has 2 rings (SSSR count). The molecule has 1 aromatic heterocycles. The Morgan fingerprint density at radius 1 is 1.50 bits per heavy atom. The molecule has 5 nitrogen and oxygen atoms in total. The topological polar surface area (TPSA) is 59.0 Å². The zero-order chi connectivity index (χ0) is 12.4. The van der Waals surface area contributed by atoms with Crippen molar-refractivity contribution >= 4 is 24.0 Å². The Morgan fingerprint density at radius 3 is 2.72 bits per heavy atom. The lowest BCUT2D eigenvalue weighted by Gasteiger charge is -2.21. The normalized spacial score (nSPS) is 19.2. The molecule has 0 aliphatic carbocycles. The number of hydrogen-bond donors (Lipinski definition) is 2. The third kappa shape index (κ3) is 3.03. The van der Waals surface area contributed by atoms with Crippen LogP contribution in [0.3, 0.4) is 0 Å². The van der Waals surface area contributed by atoms with Crippen LogP contribution in [0.15, 0.2) is 0 Å². The summed E-state index contributed by atoms with van der Waals surface area (Å²) < 4.78 is 1.80. The van der Waals surface area contributed by atoms with Gasteiger partial charge >= 0.3 is 0 Å². The van der Waals surface area contributed by atoms with Gasteiger partial charge < -0.3 is 10.6 Å². The van der Waals surface area contributed by atoms with Crippen molar-refractivity contribution < 1.29 is 4.79 Å². The minimum absolute atomic E-state index is 0. The second-order valence-corrected chi connectivity index (χ2v) is 4.70. The number of hydrogen-bond acceptors (Lipinski definition) is 3. The van der Waals surface area contributed by atoms with E-state index < -0.39 is 0 Å². The lowest BCUT2D eigenvalue weighted by Crippen LogP contribution is -2.37. The van der Waals surface area contributed by atoms with Gasteiger partial charge in [0, 0.05) is 13.6 Å². The number of amides is 1. The summed E-state index contributed by atoms with van der Waals surface area (Å²) in [5, 5.41) is 10.6. The van der Waals surface area contributed by atoms with Crippen LogP contribution < -0.4 is 10.6 Å². The summed E-state index contributed by atoms with van der Waals surface area (Å²) in [6.45, 7) is 5.69. The minimum atomic E-state index is 0. The highest BCUT2D eigenvalue weighted by Gasteiger charge is 2.22. The predicted molar refractivity (Wildman–Crippen MR) is 74.2 cm³/mol. The van der Waals surface area contributed by atoms with Gasteiger partial charge in [0.15, 0.2) is 0 Å². The van der Waals surface area contributed by atoms with E-state index in [4.69, 9.17) is 0 Å². The lowest BCUT2D eigenvalue weighted by molar-refractivity contribution is -0.120. The molecule has 0 spiro atoms.